The van der Waals surface area contributed by atoms with Crippen LogP contribution < -0.4 is 0 Å². The van der Waals surface area contributed by atoms with Crippen LogP contribution in [0.1, 0.15) is 6.92 Å². The van der Waals surface area contributed by atoms with E-state index in [4.69, 9.17) is 0 Å². The largest absolute Gasteiger partial charge is 0.411 e. The second-order valence-corrected chi connectivity index (χ2v) is 1.12. The summed E-state index contributed by atoms with van der Waals surface area (Å²) >= 11 is 0. The topological polar surface area (TPSA) is 47.9 Å². The molecule has 0 aromatic rings. The zero-order valence-corrected chi connectivity index (χ0v) is 5.16. The maximum atomic E-state index is 9.93. The van der Waals surface area contributed by atoms with Crippen LogP contribution in [0.4, 0.5) is 0 Å². The zero-order valence-electron chi connectivity index (χ0n) is 5.16. The highest BCUT2D eigenvalue weighted by atomic mass is 16.6. The Balaban J connectivity index is 3.14. The molecule has 0 unspecified atom stereocenters. The van der Waals surface area contributed by atoms with Gasteiger partial charge >= 0.3 is 5.97 Å². The molecule has 0 atom stereocenters. The molecule has 0 rings (SSSR count). The van der Waals surface area contributed by atoms with Gasteiger partial charge in [-0.05, 0) is 6.92 Å². The Morgan fingerprint density at radius 2 is 2.56 bits per heavy atom. The molecule has 0 N–H and O–H groups in total. The first-order valence-electron chi connectivity index (χ1n) is 2.43. The van der Waals surface area contributed by atoms with Crippen LogP contribution in [0.2, 0.25) is 0 Å². The molecule has 0 bridgehead atoms. The van der Waals surface area contributed by atoms with E-state index in [1.54, 1.807) is 6.92 Å². The molecule has 4 heteroatoms. The van der Waals surface area contributed by atoms with Crippen molar-refractivity contribution in [1.82, 2.24) is 0 Å². The van der Waals surface area contributed by atoms with Crippen molar-refractivity contribution < 1.29 is 14.4 Å². The van der Waals surface area contributed by atoms with Gasteiger partial charge < -0.3 is 9.57 Å². The van der Waals surface area contributed by atoms with Gasteiger partial charge in [0.25, 0.3) is 0 Å². The molecule has 0 heterocycles. The Morgan fingerprint density at radius 1 is 1.89 bits per heavy atom. The van der Waals surface area contributed by atoms with Gasteiger partial charge in [0.15, 0.2) is 0 Å². The molecule has 1 radical (unpaired) electrons. The summed E-state index contributed by atoms with van der Waals surface area (Å²) in [4.78, 5) is 14.4. The number of ether oxygens (including phenoxy) is 1. The summed E-state index contributed by atoms with van der Waals surface area (Å²) in [7, 11) is 0. The number of hydrogen-bond donors (Lipinski definition) is 0. The van der Waals surface area contributed by atoms with Crippen LogP contribution >= 0.6 is 0 Å². The molecule has 0 amide bonds. The number of hydrogen-bond acceptors (Lipinski definition) is 4. The molecule has 0 aliphatic heterocycles. The van der Waals surface area contributed by atoms with Crippen molar-refractivity contribution in [2.45, 2.75) is 6.92 Å². The lowest BCUT2D eigenvalue weighted by Crippen LogP contribution is -1.95. The normalized spacial score (nSPS) is 9.56. The maximum Gasteiger partial charge on any atom is 0.312 e. The van der Waals surface area contributed by atoms with Crippen LogP contribution in [-0.4, -0.2) is 19.0 Å². The van der Waals surface area contributed by atoms with Gasteiger partial charge in [-0.2, -0.15) is 0 Å². The monoisotopic (exact) mass is 130 g/mol. The molecule has 0 aliphatic carbocycles. The average molecular weight is 130 g/mol. The summed E-state index contributed by atoms with van der Waals surface area (Å²) < 4.78 is 4.18. The van der Waals surface area contributed by atoms with E-state index in [1.165, 1.54) is 0 Å². The van der Waals surface area contributed by atoms with Crippen molar-refractivity contribution in [1.29, 1.82) is 0 Å². The van der Waals surface area contributed by atoms with Crippen molar-refractivity contribution in [3.63, 3.8) is 0 Å². The molecule has 0 aromatic heterocycles. The molecule has 0 aliphatic rings. The van der Waals surface area contributed by atoms with E-state index in [-0.39, 0.29) is 0 Å². The highest BCUT2D eigenvalue weighted by Crippen LogP contribution is 1.73. The summed E-state index contributed by atoms with van der Waals surface area (Å²) in [6, 6.07) is 0. The lowest BCUT2D eigenvalue weighted by atomic mass is 10.8. The second-order valence-electron chi connectivity index (χ2n) is 1.12. The molecule has 0 fully saturated rings. The van der Waals surface area contributed by atoms with E-state index < -0.39 is 5.97 Å². The highest BCUT2D eigenvalue weighted by Gasteiger charge is 1.84. The second kappa shape index (κ2) is 5.08. The SMILES string of the molecule is [CH2]C(=O)O/C=N\OCC. The van der Waals surface area contributed by atoms with Gasteiger partial charge in [0, 0.05) is 0 Å². The standard InChI is InChI=1S/C5H8NO3/c1-3-9-6-4-8-5(2)7/h4H,2-3H2,1H3/b6-4-. The third-order valence-electron chi connectivity index (χ3n) is 0.431. The highest BCUT2D eigenvalue weighted by molar-refractivity contribution is 5.80. The van der Waals surface area contributed by atoms with Crippen molar-refractivity contribution in [3.8, 4) is 0 Å². The van der Waals surface area contributed by atoms with Crippen LogP contribution in [-0.2, 0) is 14.4 Å². The fraction of sp³-hybridized carbons (Fsp3) is 0.400. The minimum absolute atomic E-state index is 0.450. The van der Waals surface area contributed by atoms with Crippen molar-refractivity contribution in [3.05, 3.63) is 6.92 Å². The lowest BCUT2D eigenvalue weighted by molar-refractivity contribution is -0.130. The van der Waals surface area contributed by atoms with Gasteiger partial charge in [-0.25, -0.2) is 0 Å². The summed E-state index contributed by atoms with van der Waals surface area (Å²) in [6.45, 7) is 5.14. The number of esters is 1. The van der Waals surface area contributed by atoms with E-state index in [0.29, 0.717) is 6.61 Å². The van der Waals surface area contributed by atoms with E-state index in [2.05, 4.69) is 21.7 Å². The first kappa shape index (κ1) is 7.94. The van der Waals surface area contributed by atoms with E-state index in [1.807, 2.05) is 0 Å². The van der Waals surface area contributed by atoms with Crippen LogP contribution in [0, 0.1) is 6.92 Å². The fourth-order valence-corrected chi connectivity index (χ4v) is 0.185. The summed E-state index contributed by atoms with van der Waals surface area (Å²) in [6.07, 6.45) is 0.902. The smallest absolute Gasteiger partial charge is 0.312 e. The van der Waals surface area contributed by atoms with Crippen molar-refractivity contribution in [2.75, 3.05) is 6.61 Å². The Morgan fingerprint density at radius 3 is 3.00 bits per heavy atom. The van der Waals surface area contributed by atoms with Gasteiger partial charge in [0.1, 0.15) is 6.61 Å². The molecule has 51 valence electrons. The Labute approximate surface area is 53.4 Å². The van der Waals surface area contributed by atoms with Gasteiger partial charge in [0.05, 0.1) is 6.92 Å². The van der Waals surface area contributed by atoms with Crippen molar-refractivity contribution in [2.24, 2.45) is 5.16 Å². The van der Waals surface area contributed by atoms with Crippen LogP contribution in [0.5, 0.6) is 0 Å². The summed E-state index contributed by atoms with van der Waals surface area (Å²) in [5, 5.41) is 3.22. The molecule has 0 saturated heterocycles. The molecule has 0 saturated carbocycles. The fourth-order valence-electron chi connectivity index (χ4n) is 0.185. The maximum absolute atomic E-state index is 9.93. The lowest BCUT2D eigenvalue weighted by Gasteiger charge is -1.89. The number of carbonyl (C=O) groups excluding carboxylic acids is 1. The van der Waals surface area contributed by atoms with E-state index in [9.17, 15) is 4.79 Å². The predicted octanol–water partition coefficient (Wildman–Crippen LogP) is 0.343. The molecule has 0 aromatic carbocycles. The molecule has 0 spiro atoms. The first-order valence-corrected chi connectivity index (χ1v) is 2.43. The number of rotatable bonds is 3. The predicted molar refractivity (Wildman–Crippen MR) is 31.6 cm³/mol. The van der Waals surface area contributed by atoms with Crippen LogP contribution in [0.15, 0.2) is 5.16 Å². The van der Waals surface area contributed by atoms with Crippen LogP contribution in [0.25, 0.3) is 0 Å². The first-order chi connectivity index (χ1) is 4.27. The van der Waals surface area contributed by atoms with E-state index in [0.717, 1.165) is 6.40 Å². The molecule has 9 heavy (non-hydrogen) atoms. The van der Waals surface area contributed by atoms with Crippen LogP contribution in [0.3, 0.4) is 0 Å². The van der Waals surface area contributed by atoms with Crippen molar-refractivity contribution >= 4 is 12.4 Å². The number of oxime groups is 1. The van der Waals surface area contributed by atoms with E-state index >= 15 is 0 Å². The summed E-state index contributed by atoms with van der Waals surface area (Å²) in [5.74, 6) is -0.654. The Kier molecular flexibility index (Phi) is 4.49. The molecule has 4 nitrogen and oxygen atoms in total. The molecular formula is C5H8NO3. The molecular weight excluding hydrogens is 122 g/mol. The van der Waals surface area contributed by atoms with Gasteiger partial charge in [-0.3, -0.25) is 4.79 Å². The minimum Gasteiger partial charge on any atom is -0.411 e. The third-order valence-corrected chi connectivity index (χ3v) is 0.431. The number of nitrogens with zero attached hydrogens (tertiary/aromatic N) is 1. The van der Waals surface area contributed by atoms with Gasteiger partial charge in [-0.15, -0.1) is 0 Å². The van der Waals surface area contributed by atoms with Gasteiger partial charge in [-0.1, -0.05) is 5.16 Å². The Bertz CT molecular complexity index is 111. The average Bonchev–Trinajstić information content (AvgIpc) is 1.80. The Hall–Kier alpha value is -1.06. The zero-order chi connectivity index (χ0) is 7.11. The number of carbonyl (C=O) groups is 1. The quantitative estimate of drug-likeness (QED) is 0.239. The third kappa shape index (κ3) is 6.94. The van der Waals surface area contributed by atoms with Gasteiger partial charge in [0.2, 0.25) is 6.40 Å². The summed E-state index contributed by atoms with van der Waals surface area (Å²) in [5.41, 5.74) is 0. The minimum atomic E-state index is -0.654.